The Kier molecular flexibility index (Phi) is 3.74. The molecule has 0 bridgehead atoms. The summed E-state index contributed by atoms with van der Waals surface area (Å²) in [6.07, 6.45) is 3.53. The maximum absolute atomic E-state index is 12.5. The Morgan fingerprint density at radius 1 is 1.56 bits per heavy atom. The molecule has 102 valence electrons. The zero-order chi connectivity index (χ0) is 13.3. The van der Waals surface area contributed by atoms with Crippen molar-refractivity contribution in [1.82, 2.24) is 14.5 Å². The molecule has 1 saturated carbocycles. The summed E-state index contributed by atoms with van der Waals surface area (Å²) in [5.74, 6) is 0.475. The Balaban J connectivity index is 2.32. The number of hydrogen-bond acceptors (Lipinski definition) is 4. The average molecular weight is 273 g/mol. The fraction of sp³-hybridized carbons (Fsp3) is 0.727. The van der Waals surface area contributed by atoms with E-state index in [1.165, 1.54) is 10.5 Å². The van der Waals surface area contributed by atoms with Crippen LogP contribution < -0.4 is 0 Å². The molecule has 6 nitrogen and oxygen atoms in total. The molecule has 1 aromatic rings. The summed E-state index contributed by atoms with van der Waals surface area (Å²) in [4.78, 5) is 0. The minimum absolute atomic E-state index is 0.0133. The smallest absolute Gasteiger partial charge is 0.260 e. The summed E-state index contributed by atoms with van der Waals surface area (Å²) in [6.45, 7) is 3.92. The zero-order valence-electron chi connectivity index (χ0n) is 10.6. The highest BCUT2D eigenvalue weighted by molar-refractivity contribution is 7.89. The van der Waals surface area contributed by atoms with Crippen molar-refractivity contribution >= 4 is 10.0 Å². The van der Waals surface area contributed by atoms with E-state index in [4.69, 9.17) is 5.11 Å². The average Bonchev–Trinajstić information content (AvgIpc) is 2.99. The summed E-state index contributed by atoms with van der Waals surface area (Å²) in [7, 11) is -3.60. The third-order valence-corrected chi connectivity index (χ3v) is 5.18. The summed E-state index contributed by atoms with van der Waals surface area (Å²) < 4.78 is 26.5. The lowest BCUT2D eigenvalue weighted by atomic mass is 10.3. The van der Waals surface area contributed by atoms with Crippen LogP contribution in [0.5, 0.6) is 0 Å². The number of H-pyrrole nitrogens is 1. The number of aliphatic hydroxyl groups is 1. The number of nitrogens with zero attached hydrogens (tertiary/aromatic N) is 2. The molecule has 1 aliphatic rings. The summed E-state index contributed by atoms with van der Waals surface area (Å²) >= 11 is 0. The minimum Gasteiger partial charge on any atom is -0.392 e. The van der Waals surface area contributed by atoms with Crippen LogP contribution in [0.2, 0.25) is 0 Å². The van der Waals surface area contributed by atoms with Crippen LogP contribution in [0.25, 0.3) is 0 Å². The highest BCUT2D eigenvalue weighted by Gasteiger charge is 2.35. The highest BCUT2D eigenvalue weighted by Crippen LogP contribution is 2.32. The van der Waals surface area contributed by atoms with Crippen molar-refractivity contribution in [2.45, 2.75) is 44.4 Å². The van der Waals surface area contributed by atoms with Gasteiger partial charge in [-0.2, -0.15) is 9.40 Å². The number of hydrogen-bond donors (Lipinski definition) is 2. The second-order valence-corrected chi connectivity index (χ2v) is 6.82. The molecule has 0 saturated heterocycles. The van der Waals surface area contributed by atoms with Crippen molar-refractivity contribution in [3.8, 4) is 0 Å². The number of aromatic amines is 1. The molecular formula is C11H19N3O3S. The highest BCUT2D eigenvalue weighted by atomic mass is 32.2. The second kappa shape index (κ2) is 4.99. The van der Waals surface area contributed by atoms with Gasteiger partial charge in [-0.15, -0.1) is 0 Å². The van der Waals surface area contributed by atoms with Gasteiger partial charge in [-0.3, -0.25) is 5.10 Å². The fourth-order valence-electron chi connectivity index (χ4n) is 1.89. The molecule has 0 spiro atoms. The van der Waals surface area contributed by atoms with Crippen molar-refractivity contribution in [2.24, 2.45) is 5.92 Å². The van der Waals surface area contributed by atoms with Gasteiger partial charge in [0.2, 0.25) is 0 Å². The number of sulfonamides is 1. The van der Waals surface area contributed by atoms with Gasteiger partial charge < -0.3 is 5.11 Å². The molecule has 2 N–H and O–H groups in total. The molecule has 0 unspecified atom stereocenters. The third kappa shape index (κ3) is 2.57. The van der Waals surface area contributed by atoms with Gasteiger partial charge in [-0.1, -0.05) is 0 Å². The normalized spacial score (nSPS) is 16.7. The van der Waals surface area contributed by atoms with Crippen molar-refractivity contribution in [3.63, 3.8) is 0 Å². The molecule has 1 fully saturated rings. The first-order valence-electron chi connectivity index (χ1n) is 6.11. The monoisotopic (exact) mass is 273 g/mol. The summed E-state index contributed by atoms with van der Waals surface area (Å²) in [5.41, 5.74) is 0.316. The predicted molar refractivity (Wildman–Crippen MR) is 66.3 cm³/mol. The molecule has 7 heteroatoms. The number of aliphatic hydroxyl groups excluding tert-OH is 1. The van der Waals surface area contributed by atoms with E-state index < -0.39 is 10.0 Å². The second-order valence-electron chi connectivity index (χ2n) is 4.99. The first-order valence-corrected chi connectivity index (χ1v) is 7.55. The molecule has 0 radical (unpaired) electrons. The maximum atomic E-state index is 12.5. The molecule has 0 aromatic carbocycles. The van der Waals surface area contributed by atoms with Gasteiger partial charge in [-0.05, 0) is 32.6 Å². The lowest BCUT2D eigenvalue weighted by Gasteiger charge is -2.25. The number of nitrogens with one attached hydrogen (secondary N) is 1. The largest absolute Gasteiger partial charge is 0.392 e. The Morgan fingerprint density at radius 3 is 2.72 bits per heavy atom. The fourth-order valence-corrected chi connectivity index (χ4v) is 3.71. The van der Waals surface area contributed by atoms with Gasteiger partial charge in [0.25, 0.3) is 10.0 Å². The predicted octanol–water partition coefficient (Wildman–Crippen LogP) is 0.711. The van der Waals surface area contributed by atoms with Gasteiger partial charge in [0.1, 0.15) is 0 Å². The van der Waals surface area contributed by atoms with Crippen LogP contribution >= 0.6 is 0 Å². The first kappa shape index (κ1) is 13.5. The van der Waals surface area contributed by atoms with Crippen molar-refractivity contribution < 1.29 is 13.5 Å². The summed E-state index contributed by atoms with van der Waals surface area (Å²) in [5, 5.41) is 15.3. The first-order chi connectivity index (χ1) is 8.46. The van der Waals surface area contributed by atoms with Crippen LogP contribution in [0.1, 0.15) is 32.3 Å². The molecule has 2 rings (SSSR count). The van der Waals surface area contributed by atoms with Crippen LogP contribution in [0, 0.1) is 5.92 Å². The van der Waals surface area contributed by atoms with E-state index >= 15 is 0 Å². The maximum Gasteiger partial charge on any atom is 0.260 e. The van der Waals surface area contributed by atoms with Gasteiger partial charge in [0, 0.05) is 18.2 Å². The van der Waals surface area contributed by atoms with Gasteiger partial charge in [0.05, 0.1) is 12.8 Å². The van der Waals surface area contributed by atoms with Crippen LogP contribution in [-0.4, -0.2) is 40.6 Å². The van der Waals surface area contributed by atoms with Crippen LogP contribution in [0.15, 0.2) is 11.2 Å². The SMILES string of the molecule is CC(C)N(CC1CC1)S(=O)(=O)c1[nH]ncc1CO. The molecular weight excluding hydrogens is 254 g/mol. The van der Waals surface area contributed by atoms with Gasteiger partial charge in [-0.25, -0.2) is 8.42 Å². The Morgan fingerprint density at radius 2 is 2.22 bits per heavy atom. The standard InChI is InChI=1S/C11H19N3O3S/c1-8(2)14(6-9-3-4-9)18(16,17)11-10(7-15)5-12-13-11/h5,8-9,15H,3-4,6-7H2,1-2H3,(H,12,13). The topological polar surface area (TPSA) is 86.3 Å². The van der Waals surface area contributed by atoms with E-state index in [9.17, 15) is 8.42 Å². The van der Waals surface area contributed by atoms with E-state index in [0.29, 0.717) is 18.0 Å². The number of rotatable bonds is 6. The van der Waals surface area contributed by atoms with E-state index in [2.05, 4.69) is 10.2 Å². The Labute approximate surface area is 107 Å². The van der Waals surface area contributed by atoms with Crippen LogP contribution in [0.4, 0.5) is 0 Å². The van der Waals surface area contributed by atoms with Gasteiger partial charge in [0.15, 0.2) is 5.03 Å². The third-order valence-electron chi connectivity index (χ3n) is 3.13. The molecule has 1 aliphatic carbocycles. The van der Waals surface area contributed by atoms with E-state index in [0.717, 1.165) is 12.8 Å². The molecule has 18 heavy (non-hydrogen) atoms. The van der Waals surface area contributed by atoms with Crippen LogP contribution in [0.3, 0.4) is 0 Å². The molecule has 1 heterocycles. The van der Waals surface area contributed by atoms with Crippen molar-refractivity contribution in [3.05, 3.63) is 11.8 Å². The lowest BCUT2D eigenvalue weighted by Crippen LogP contribution is -2.39. The van der Waals surface area contributed by atoms with Gasteiger partial charge >= 0.3 is 0 Å². The minimum atomic E-state index is -3.60. The number of aromatic nitrogens is 2. The van der Waals surface area contributed by atoms with Crippen LogP contribution in [-0.2, 0) is 16.6 Å². The van der Waals surface area contributed by atoms with E-state index in [1.54, 1.807) is 0 Å². The Bertz CT molecular complexity index is 505. The summed E-state index contributed by atoms with van der Waals surface area (Å²) in [6, 6.07) is -0.106. The lowest BCUT2D eigenvalue weighted by molar-refractivity contribution is 0.277. The van der Waals surface area contributed by atoms with E-state index in [1.807, 2.05) is 13.8 Å². The van der Waals surface area contributed by atoms with E-state index in [-0.39, 0.29) is 17.7 Å². The Hall–Kier alpha value is -0.920. The molecule has 0 amide bonds. The molecule has 0 atom stereocenters. The molecule has 0 aliphatic heterocycles. The molecule has 1 aromatic heterocycles. The van der Waals surface area contributed by atoms with Crippen molar-refractivity contribution in [2.75, 3.05) is 6.54 Å². The zero-order valence-corrected chi connectivity index (χ0v) is 11.4. The van der Waals surface area contributed by atoms with Crippen molar-refractivity contribution in [1.29, 1.82) is 0 Å². The quantitative estimate of drug-likeness (QED) is 0.799.